The summed E-state index contributed by atoms with van der Waals surface area (Å²) in [7, 11) is 0. The SMILES string of the molecule is CCCCC/C=C\C/C=C\C/C=C\CCCCCCC(CC(=O)NC(CO)C(O)CCCCCCCCCCCCC)OC(=O)CC/C=C/C/C=C\CCCCCCCC. The zero-order valence-corrected chi connectivity index (χ0v) is 39.6. The van der Waals surface area contributed by atoms with E-state index in [1.54, 1.807) is 0 Å². The first-order chi connectivity index (χ1) is 29.5. The number of allylic oxidation sites excluding steroid dienone is 10. The van der Waals surface area contributed by atoms with E-state index in [1.807, 2.05) is 6.08 Å². The van der Waals surface area contributed by atoms with Crippen LogP contribution in [0.5, 0.6) is 0 Å². The van der Waals surface area contributed by atoms with Crippen LogP contribution < -0.4 is 5.32 Å². The fourth-order valence-corrected chi connectivity index (χ4v) is 7.43. The Morgan fingerprint density at radius 1 is 0.483 bits per heavy atom. The Morgan fingerprint density at radius 3 is 1.32 bits per heavy atom. The summed E-state index contributed by atoms with van der Waals surface area (Å²) in [5, 5.41) is 23.7. The van der Waals surface area contributed by atoms with Gasteiger partial charge in [0.15, 0.2) is 0 Å². The van der Waals surface area contributed by atoms with Crippen molar-refractivity contribution >= 4 is 11.9 Å². The molecule has 0 spiro atoms. The molecule has 0 rings (SSSR count). The molecule has 3 atom stereocenters. The lowest BCUT2D eigenvalue weighted by atomic mass is 10.0. The summed E-state index contributed by atoms with van der Waals surface area (Å²) in [6.45, 7) is 6.42. The van der Waals surface area contributed by atoms with Crippen LogP contribution in [0, 0.1) is 0 Å². The maximum atomic E-state index is 13.2. The highest BCUT2D eigenvalue weighted by Gasteiger charge is 2.24. The Balaban J connectivity index is 4.72. The Hall–Kier alpha value is -2.44. The van der Waals surface area contributed by atoms with Gasteiger partial charge in [-0.1, -0.05) is 210 Å². The van der Waals surface area contributed by atoms with E-state index in [4.69, 9.17) is 4.74 Å². The summed E-state index contributed by atoms with van der Waals surface area (Å²) in [6.07, 6.45) is 58.6. The van der Waals surface area contributed by atoms with Crippen LogP contribution in [0.25, 0.3) is 0 Å². The van der Waals surface area contributed by atoms with Crippen LogP contribution >= 0.6 is 0 Å². The van der Waals surface area contributed by atoms with Crippen LogP contribution in [0.3, 0.4) is 0 Å². The molecule has 3 N–H and O–H groups in total. The number of rotatable bonds is 45. The summed E-state index contributed by atoms with van der Waals surface area (Å²) < 4.78 is 5.88. The highest BCUT2D eigenvalue weighted by atomic mass is 16.5. The minimum absolute atomic E-state index is 0.0392. The van der Waals surface area contributed by atoms with Gasteiger partial charge in [-0.05, 0) is 83.5 Å². The first kappa shape index (κ1) is 57.6. The zero-order chi connectivity index (χ0) is 43.8. The van der Waals surface area contributed by atoms with Crippen molar-refractivity contribution in [2.75, 3.05) is 6.61 Å². The quantitative estimate of drug-likeness (QED) is 0.0322. The van der Waals surface area contributed by atoms with Crippen LogP contribution in [-0.2, 0) is 14.3 Å². The average Bonchev–Trinajstić information content (AvgIpc) is 3.24. The molecule has 0 fully saturated rings. The van der Waals surface area contributed by atoms with Crippen molar-refractivity contribution in [2.24, 2.45) is 0 Å². The number of carbonyl (C=O) groups excluding carboxylic acids is 2. The standard InChI is InChI=1S/C54H97NO5/c1-4-7-10-13-16-19-22-24-25-26-27-29-31-33-36-39-42-45-50(60-54(59)47-44-41-38-35-32-28-23-20-17-14-11-8-5-2)48-53(58)55-51(49-56)52(57)46-43-40-37-34-30-21-18-15-12-9-6-3/h16,19,24-25,27-29,32,38,41,50-52,56-57H,4-15,17-18,20-23,26,30-31,33-37,39-40,42-49H2,1-3H3,(H,55,58)/b19-16-,25-24-,29-27-,32-28-,41-38+. The number of hydrogen-bond donors (Lipinski definition) is 3. The molecule has 0 heterocycles. The zero-order valence-electron chi connectivity index (χ0n) is 39.6. The van der Waals surface area contributed by atoms with Crippen LogP contribution in [0.15, 0.2) is 60.8 Å². The van der Waals surface area contributed by atoms with E-state index >= 15 is 0 Å². The molecule has 3 unspecified atom stereocenters. The van der Waals surface area contributed by atoms with Crippen LogP contribution in [0.4, 0.5) is 0 Å². The number of carbonyl (C=O) groups is 2. The van der Waals surface area contributed by atoms with Gasteiger partial charge in [-0.3, -0.25) is 9.59 Å². The lowest BCUT2D eigenvalue weighted by Gasteiger charge is -2.24. The first-order valence-electron chi connectivity index (χ1n) is 25.5. The second-order valence-corrected chi connectivity index (χ2v) is 17.2. The van der Waals surface area contributed by atoms with Crippen molar-refractivity contribution < 1.29 is 24.5 Å². The van der Waals surface area contributed by atoms with Gasteiger partial charge in [0.1, 0.15) is 6.10 Å². The molecule has 60 heavy (non-hydrogen) atoms. The molecule has 0 aromatic rings. The first-order valence-corrected chi connectivity index (χ1v) is 25.5. The van der Waals surface area contributed by atoms with Crippen molar-refractivity contribution in [3.8, 4) is 0 Å². The van der Waals surface area contributed by atoms with Gasteiger partial charge >= 0.3 is 5.97 Å². The van der Waals surface area contributed by atoms with Gasteiger partial charge in [0.25, 0.3) is 0 Å². The van der Waals surface area contributed by atoms with Crippen molar-refractivity contribution in [1.29, 1.82) is 0 Å². The number of unbranched alkanes of at least 4 members (excludes halogenated alkanes) is 23. The van der Waals surface area contributed by atoms with E-state index in [0.717, 1.165) is 77.0 Å². The van der Waals surface area contributed by atoms with Gasteiger partial charge < -0.3 is 20.3 Å². The molecule has 0 saturated heterocycles. The summed E-state index contributed by atoms with van der Waals surface area (Å²) in [5.74, 6) is -0.576. The number of esters is 1. The van der Waals surface area contributed by atoms with Gasteiger partial charge in [-0.25, -0.2) is 0 Å². The molecule has 6 nitrogen and oxygen atoms in total. The Bertz CT molecular complexity index is 1080. The molecular weight excluding hydrogens is 743 g/mol. The normalized spacial score (nSPS) is 13.8. The third kappa shape index (κ3) is 42.3. The number of aliphatic hydroxyl groups is 2. The predicted molar refractivity (Wildman–Crippen MR) is 259 cm³/mol. The van der Waals surface area contributed by atoms with Gasteiger partial charge in [0, 0.05) is 6.42 Å². The minimum atomic E-state index is -0.803. The molecule has 0 radical (unpaired) electrons. The molecule has 0 aliphatic rings. The van der Waals surface area contributed by atoms with E-state index in [1.165, 1.54) is 116 Å². The van der Waals surface area contributed by atoms with E-state index in [2.05, 4.69) is 80.8 Å². The number of nitrogens with one attached hydrogen (secondary N) is 1. The third-order valence-electron chi connectivity index (χ3n) is 11.3. The van der Waals surface area contributed by atoms with Crippen LogP contribution in [-0.4, -0.2) is 46.9 Å². The molecule has 0 saturated carbocycles. The highest BCUT2D eigenvalue weighted by molar-refractivity contribution is 5.77. The Labute approximate surface area is 371 Å². The molecular formula is C54H97NO5. The molecule has 0 bridgehead atoms. The second kappa shape index (κ2) is 47.6. The largest absolute Gasteiger partial charge is 0.462 e. The lowest BCUT2D eigenvalue weighted by molar-refractivity contribution is -0.150. The molecule has 0 aliphatic carbocycles. The number of ether oxygens (including phenoxy) is 1. The monoisotopic (exact) mass is 840 g/mol. The number of hydrogen-bond acceptors (Lipinski definition) is 5. The van der Waals surface area contributed by atoms with E-state index < -0.39 is 18.2 Å². The maximum absolute atomic E-state index is 13.2. The van der Waals surface area contributed by atoms with Gasteiger partial charge in [0.05, 0.1) is 25.2 Å². The maximum Gasteiger partial charge on any atom is 0.306 e. The number of amides is 1. The van der Waals surface area contributed by atoms with E-state index in [9.17, 15) is 19.8 Å². The molecule has 1 amide bonds. The summed E-state index contributed by atoms with van der Waals surface area (Å²) in [5.41, 5.74) is 0. The lowest BCUT2D eigenvalue weighted by Crippen LogP contribution is -2.46. The smallest absolute Gasteiger partial charge is 0.306 e. The Kier molecular flexibility index (Phi) is 45.7. The van der Waals surface area contributed by atoms with Crippen LogP contribution in [0.1, 0.15) is 245 Å². The van der Waals surface area contributed by atoms with Crippen molar-refractivity contribution in [1.82, 2.24) is 5.32 Å². The van der Waals surface area contributed by atoms with Crippen LogP contribution in [0.2, 0.25) is 0 Å². The molecule has 0 aromatic heterocycles. The van der Waals surface area contributed by atoms with Crippen molar-refractivity contribution in [2.45, 2.75) is 264 Å². The predicted octanol–water partition coefficient (Wildman–Crippen LogP) is 15.2. The molecule has 348 valence electrons. The molecule has 0 aromatic carbocycles. The summed E-state index contributed by atoms with van der Waals surface area (Å²) >= 11 is 0. The fourth-order valence-electron chi connectivity index (χ4n) is 7.43. The summed E-state index contributed by atoms with van der Waals surface area (Å²) in [6, 6.07) is -0.720. The van der Waals surface area contributed by atoms with Crippen molar-refractivity contribution in [3.63, 3.8) is 0 Å². The van der Waals surface area contributed by atoms with Gasteiger partial charge in [-0.15, -0.1) is 0 Å². The topological polar surface area (TPSA) is 95.9 Å². The molecule has 0 aliphatic heterocycles. The fraction of sp³-hybridized carbons (Fsp3) is 0.778. The minimum Gasteiger partial charge on any atom is -0.462 e. The van der Waals surface area contributed by atoms with E-state index in [0.29, 0.717) is 19.3 Å². The number of aliphatic hydroxyl groups excluding tert-OH is 2. The Morgan fingerprint density at radius 2 is 0.850 bits per heavy atom. The van der Waals surface area contributed by atoms with Crippen molar-refractivity contribution in [3.05, 3.63) is 60.8 Å². The van der Waals surface area contributed by atoms with Gasteiger partial charge in [-0.2, -0.15) is 0 Å². The average molecular weight is 840 g/mol. The highest BCUT2D eigenvalue weighted by Crippen LogP contribution is 2.17. The summed E-state index contributed by atoms with van der Waals surface area (Å²) in [4.78, 5) is 26.1. The molecule has 6 heteroatoms. The third-order valence-corrected chi connectivity index (χ3v) is 11.3. The second-order valence-electron chi connectivity index (χ2n) is 17.2. The van der Waals surface area contributed by atoms with E-state index in [-0.39, 0.29) is 31.3 Å². The van der Waals surface area contributed by atoms with Gasteiger partial charge in [0.2, 0.25) is 5.91 Å².